The van der Waals surface area contributed by atoms with E-state index in [0.717, 1.165) is 37.5 Å². The SMILES string of the molecule is CCc1ccc(NC(=O)CCC2CCNCC2)cc1.Cl. The summed E-state index contributed by atoms with van der Waals surface area (Å²) < 4.78 is 0. The van der Waals surface area contributed by atoms with Crippen molar-refractivity contribution in [3.8, 4) is 0 Å². The second-order valence-corrected chi connectivity index (χ2v) is 5.33. The highest BCUT2D eigenvalue weighted by molar-refractivity contribution is 5.90. The van der Waals surface area contributed by atoms with Crippen LogP contribution in [0.15, 0.2) is 24.3 Å². The average Bonchev–Trinajstić information content (AvgIpc) is 2.47. The minimum absolute atomic E-state index is 0. The number of carbonyl (C=O) groups excluding carboxylic acids is 1. The molecule has 0 aromatic heterocycles. The second-order valence-electron chi connectivity index (χ2n) is 5.33. The van der Waals surface area contributed by atoms with Crippen LogP contribution in [0.1, 0.15) is 38.2 Å². The van der Waals surface area contributed by atoms with Crippen molar-refractivity contribution in [2.24, 2.45) is 5.92 Å². The van der Waals surface area contributed by atoms with Crippen molar-refractivity contribution < 1.29 is 4.79 Å². The van der Waals surface area contributed by atoms with Crippen LogP contribution in [-0.2, 0) is 11.2 Å². The number of halogens is 1. The third kappa shape index (κ3) is 5.51. The van der Waals surface area contributed by atoms with Crippen LogP contribution in [0.4, 0.5) is 5.69 Å². The maximum Gasteiger partial charge on any atom is 0.224 e. The van der Waals surface area contributed by atoms with Gasteiger partial charge in [-0.15, -0.1) is 12.4 Å². The maximum absolute atomic E-state index is 11.9. The number of benzene rings is 1. The third-order valence-electron chi connectivity index (χ3n) is 3.88. The number of hydrogen-bond donors (Lipinski definition) is 2. The van der Waals surface area contributed by atoms with Gasteiger partial charge in [-0.2, -0.15) is 0 Å². The second kappa shape index (κ2) is 8.98. The molecular formula is C16H25ClN2O. The zero-order valence-corrected chi connectivity index (χ0v) is 13.0. The third-order valence-corrected chi connectivity index (χ3v) is 3.88. The van der Waals surface area contributed by atoms with Crippen LogP contribution in [0.3, 0.4) is 0 Å². The highest BCUT2D eigenvalue weighted by Gasteiger charge is 2.14. The van der Waals surface area contributed by atoms with Crippen LogP contribution in [0, 0.1) is 5.92 Å². The van der Waals surface area contributed by atoms with Gasteiger partial charge in [-0.3, -0.25) is 4.79 Å². The number of rotatable bonds is 5. The number of piperidine rings is 1. The largest absolute Gasteiger partial charge is 0.326 e. The molecule has 2 N–H and O–H groups in total. The Bertz CT molecular complexity index is 399. The molecule has 0 aliphatic carbocycles. The molecule has 1 amide bonds. The zero-order chi connectivity index (χ0) is 13.5. The molecule has 1 aromatic rings. The number of nitrogens with one attached hydrogen (secondary N) is 2. The number of amides is 1. The van der Waals surface area contributed by atoms with E-state index in [9.17, 15) is 4.79 Å². The molecule has 1 saturated heterocycles. The molecule has 1 aliphatic heterocycles. The summed E-state index contributed by atoms with van der Waals surface area (Å²) in [5, 5.41) is 6.33. The summed E-state index contributed by atoms with van der Waals surface area (Å²) in [6, 6.07) is 8.12. The van der Waals surface area contributed by atoms with Gasteiger partial charge in [0.15, 0.2) is 0 Å². The molecule has 0 spiro atoms. The molecule has 0 atom stereocenters. The van der Waals surface area contributed by atoms with E-state index in [1.807, 2.05) is 12.1 Å². The fraction of sp³-hybridized carbons (Fsp3) is 0.562. The van der Waals surface area contributed by atoms with E-state index in [2.05, 4.69) is 29.7 Å². The number of anilines is 1. The van der Waals surface area contributed by atoms with Gasteiger partial charge in [0.2, 0.25) is 5.91 Å². The fourth-order valence-electron chi connectivity index (χ4n) is 2.55. The van der Waals surface area contributed by atoms with Gasteiger partial charge in [0.05, 0.1) is 0 Å². The van der Waals surface area contributed by atoms with Gasteiger partial charge in [0, 0.05) is 12.1 Å². The molecule has 3 nitrogen and oxygen atoms in total. The van der Waals surface area contributed by atoms with Gasteiger partial charge in [0.25, 0.3) is 0 Å². The minimum Gasteiger partial charge on any atom is -0.326 e. The lowest BCUT2D eigenvalue weighted by molar-refractivity contribution is -0.116. The van der Waals surface area contributed by atoms with Crippen molar-refractivity contribution in [2.45, 2.75) is 39.0 Å². The molecule has 1 aromatic carbocycles. The summed E-state index contributed by atoms with van der Waals surface area (Å²) in [5.41, 5.74) is 2.21. The molecule has 0 bridgehead atoms. The van der Waals surface area contributed by atoms with E-state index in [1.165, 1.54) is 18.4 Å². The van der Waals surface area contributed by atoms with Crippen molar-refractivity contribution >= 4 is 24.0 Å². The topological polar surface area (TPSA) is 41.1 Å². The summed E-state index contributed by atoms with van der Waals surface area (Å²) >= 11 is 0. The fourth-order valence-corrected chi connectivity index (χ4v) is 2.55. The van der Waals surface area contributed by atoms with Crippen molar-refractivity contribution in [3.05, 3.63) is 29.8 Å². The predicted molar refractivity (Wildman–Crippen MR) is 86.5 cm³/mol. The Labute approximate surface area is 127 Å². The van der Waals surface area contributed by atoms with Gasteiger partial charge in [-0.1, -0.05) is 19.1 Å². The van der Waals surface area contributed by atoms with Gasteiger partial charge in [0.1, 0.15) is 0 Å². The quantitative estimate of drug-likeness (QED) is 0.874. The minimum atomic E-state index is 0. The van der Waals surface area contributed by atoms with Crippen molar-refractivity contribution in [2.75, 3.05) is 18.4 Å². The molecule has 2 rings (SSSR count). The lowest BCUT2D eigenvalue weighted by atomic mass is 9.93. The molecule has 0 saturated carbocycles. The summed E-state index contributed by atoms with van der Waals surface area (Å²) in [6.07, 6.45) is 5.10. The Morgan fingerprint density at radius 3 is 2.50 bits per heavy atom. The normalized spacial score (nSPS) is 15.4. The number of aryl methyl sites for hydroxylation is 1. The van der Waals surface area contributed by atoms with Crippen LogP contribution in [0.5, 0.6) is 0 Å². The molecule has 112 valence electrons. The summed E-state index contributed by atoms with van der Waals surface area (Å²) in [4.78, 5) is 11.9. The van der Waals surface area contributed by atoms with E-state index >= 15 is 0 Å². The average molecular weight is 297 g/mol. The zero-order valence-electron chi connectivity index (χ0n) is 12.2. The summed E-state index contributed by atoms with van der Waals surface area (Å²) in [6.45, 7) is 4.34. The van der Waals surface area contributed by atoms with E-state index in [0.29, 0.717) is 6.42 Å². The Balaban J connectivity index is 0.00000200. The number of hydrogen-bond acceptors (Lipinski definition) is 2. The molecule has 1 heterocycles. The van der Waals surface area contributed by atoms with Gasteiger partial charge in [-0.25, -0.2) is 0 Å². The van der Waals surface area contributed by atoms with Crippen LogP contribution in [0.2, 0.25) is 0 Å². The molecule has 1 fully saturated rings. The molecule has 0 unspecified atom stereocenters. The molecule has 0 radical (unpaired) electrons. The van der Waals surface area contributed by atoms with Crippen molar-refractivity contribution in [3.63, 3.8) is 0 Å². The Hall–Kier alpha value is -1.06. The first kappa shape index (κ1) is 17.0. The molecular weight excluding hydrogens is 272 g/mol. The molecule has 4 heteroatoms. The maximum atomic E-state index is 11.9. The first-order valence-electron chi connectivity index (χ1n) is 7.37. The van der Waals surface area contributed by atoms with Gasteiger partial charge in [-0.05, 0) is 62.4 Å². The standard InChI is InChI=1S/C16H24N2O.ClH/c1-2-13-3-6-15(7-4-13)18-16(19)8-5-14-9-11-17-12-10-14;/h3-4,6-7,14,17H,2,5,8-12H2,1H3,(H,18,19);1H. The Kier molecular flexibility index (Phi) is 7.63. The van der Waals surface area contributed by atoms with E-state index < -0.39 is 0 Å². The smallest absolute Gasteiger partial charge is 0.224 e. The number of carbonyl (C=O) groups is 1. The van der Waals surface area contributed by atoms with Crippen LogP contribution < -0.4 is 10.6 Å². The van der Waals surface area contributed by atoms with Crippen LogP contribution in [-0.4, -0.2) is 19.0 Å². The lowest BCUT2D eigenvalue weighted by Gasteiger charge is -2.22. The highest BCUT2D eigenvalue weighted by Crippen LogP contribution is 2.18. The molecule has 1 aliphatic rings. The van der Waals surface area contributed by atoms with Crippen LogP contribution in [0.25, 0.3) is 0 Å². The monoisotopic (exact) mass is 296 g/mol. The van der Waals surface area contributed by atoms with E-state index in [4.69, 9.17) is 0 Å². The van der Waals surface area contributed by atoms with Crippen molar-refractivity contribution in [1.82, 2.24) is 5.32 Å². The first-order chi connectivity index (χ1) is 9.28. The summed E-state index contributed by atoms with van der Waals surface area (Å²) in [5.74, 6) is 0.859. The van der Waals surface area contributed by atoms with E-state index in [1.54, 1.807) is 0 Å². The van der Waals surface area contributed by atoms with Gasteiger partial charge >= 0.3 is 0 Å². The summed E-state index contributed by atoms with van der Waals surface area (Å²) in [7, 11) is 0. The molecule has 20 heavy (non-hydrogen) atoms. The highest BCUT2D eigenvalue weighted by atomic mass is 35.5. The van der Waals surface area contributed by atoms with E-state index in [-0.39, 0.29) is 18.3 Å². The Morgan fingerprint density at radius 1 is 1.25 bits per heavy atom. The Morgan fingerprint density at radius 2 is 1.90 bits per heavy atom. The first-order valence-corrected chi connectivity index (χ1v) is 7.37. The predicted octanol–water partition coefficient (Wildman–Crippen LogP) is 3.39. The van der Waals surface area contributed by atoms with Crippen LogP contribution >= 0.6 is 12.4 Å². The lowest BCUT2D eigenvalue weighted by Crippen LogP contribution is -2.28. The van der Waals surface area contributed by atoms with Gasteiger partial charge < -0.3 is 10.6 Å². The van der Waals surface area contributed by atoms with Crippen molar-refractivity contribution in [1.29, 1.82) is 0 Å².